The average Bonchev–Trinajstić information content (AvgIpc) is 3.30. The first kappa shape index (κ1) is 19.8. The lowest BCUT2D eigenvalue weighted by atomic mass is 10.0. The predicted octanol–water partition coefficient (Wildman–Crippen LogP) is 1.95. The van der Waals surface area contributed by atoms with Gasteiger partial charge < -0.3 is 19.5 Å². The zero-order valence-corrected chi connectivity index (χ0v) is 16.0. The second-order valence-corrected chi connectivity index (χ2v) is 7.21. The number of ether oxygens (including phenoxy) is 2. The third-order valence-electron chi connectivity index (χ3n) is 5.50. The number of rotatable bonds is 4. The van der Waals surface area contributed by atoms with Crippen LogP contribution in [0.2, 0.25) is 0 Å². The second-order valence-electron chi connectivity index (χ2n) is 7.21. The van der Waals surface area contributed by atoms with Crippen molar-refractivity contribution in [3.8, 4) is 11.5 Å². The van der Waals surface area contributed by atoms with Gasteiger partial charge in [-0.2, -0.15) is 0 Å². The van der Waals surface area contributed by atoms with E-state index in [2.05, 4.69) is 0 Å². The van der Waals surface area contributed by atoms with Crippen LogP contribution in [0.15, 0.2) is 18.2 Å². The molecule has 1 aromatic carbocycles. The average molecular weight is 397 g/mol. The number of hydrogen-bond acceptors (Lipinski definition) is 5. The van der Waals surface area contributed by atoms with E-state index in [4.69, 9.17) is 14.6 Å². The Morgan fingerprint density at radius 1 is 1.11 bits per heavy atom. The molecular weight excluding hydrogens is 372 g/mol. The lowest BCUT2D eigenvalue weighted by molar-refractivity contribution is -0.141. The summed E-state index contributed by atoms with van der Waals surface area (Å²) in [5.74, 6) is 0.461. The molecule has 0 aliphatic carbocycles. The first-order chi connectivity index (χ1) is 12.6. The molecule has 2 atom stereocenters. The molecule has 2 unspecified atom stereocenters. The number of halogens is 1. The summed E-state index contributed by atoms with van der Waals surface area (Å²) in [6.45, 7) is 3.28. The van der Waals surface area contributed by atoms with Crippen LogP contribution in [0.4, 0.5) is 0 Å². The maximum atomic E-state index is 12.8. The van der Waals surface area contributed by atoms with E-state index in [1.807, 2.05) is 28.0 Å². The maximum Gasteiger partial charge on any atom is 0.307 e. The smallest absolute Gasteiger partial charge is 0.307 e. The van der Waals surface area contributed by atoms with Crippen molar-refractivity contribution in [2.45, 2.75) is 25.3 Å². The Bertz CT molecular complexity index is 713. The fraction of sp³-hybridized carbons (Fsp3) is 0.579. The number of hydrogen-bond donors (Lipinski definition) is 1. The Morgan fingerprint density at radius 2 is 1.89 bits per heavy atom. The topological polar surface area (TPSA) is 79.3 Å². The molecule has 1 amide bonds. The highest BCUT2D eigenvalue weighted by Crippen LogP contribution is 2.38. The summed E-state index contributed by atoms with van der Waals surface area (Å²) in [7, 11) is 0. The number of likely N-dealkylation sites (tertiary alicyclic amines) is 2. The highest BCUT2D eigenvalue weighted by Gasteiger charge is 2.34. The number of carbonyl (C=O) groups is 2. The fourth-order valence-electron chi connectivity index (χ4n) is 4.14. The predicted molar refractivity (Wildman–Crippen MR) is 101 cm³/mol. The molecule has 2 fully saturated rings. The minimum absolute atomic E-state index is 0. The Hall–Kier alpha value is -1.99. The van der Waals surface area contributed by atoms with Crippen molar-refractivity contribution in [2.24, 2.45) is 5.92 Å². The number of nitrogens with zero attached hydrogens (tertiary/aromatic N) is 2. The molecule has 3 aliphatic rings. The van der Waals surface area contributed by atoms with Crippen LogP contribution in [0.3, 0.4) is 0 Å². The highest BCUT2D eigenvalue weighted by molar-refractivity contribution is 5.85. The van der Waals surface area contributed by atoms with Crippen LogP contribution in [0.25, 0.3) is 0 Å². The van der Waals surface area contributed by atoms with Crippen molar-refractivity contribution < 1.29 is 24.2 Å². The summed E-state index contributed by atoms with van der Waals surface area (Å²) in [6.07, 6.45) is 2.53. The Balaban J connectivity index is 0.00000210. The van der Waals surface area contributed by atoms with Crippen LogP contribution in [-0.4, -0.2) is 66.2 Å². The molecule has 3 aliphatic heterocycles. The first-order valence-corrected chi connectivity index (χ1v) is 9.26. The number of amides is 1. The third kappa shape index (κ3) is 4.14. The minimum atomic E-state index is -0.768. The van der Waals surface area contributed by atoms with E-state index in [-0.39, 0.29) is 30.3 Å². The van der Waals surface area contributed by atoms with Gasteiger partial charge in [0.05, 0.1) is 18.5 Å². The summed E-state index contributed by atoms with van der Waals surface area (Å²) >= 11 is 0. The number of benzene rings is 1. The molecule has 4 rings (SSSR count). The van der Waals surface area contributed by atoms with Gasteiger partial charge in [-0.05, 0) is 43.5 Å². The van der Waals surface area contributed by atoms with Gasteiger partial charge >= 0.3 is 5.97 Å². The van der Waals surface area contributed by atoms with E-state index in [0.29, 0.717) is 39.3 Å². The largest absolute Gasteiger partial charge is 0.486 e. The first-order valence-electron chi connectivity index (χ1n) is 9.26. The van der Waals surface area contributed by atoms with Gasteiger partial charge in [-0.25, -0.2) is 0 Å². The van der Waals surface area contributed by atoms with E-state index in [1.165, 1.54) is 0 Å². The van der Waals surface area contributed by atoms with Gasteiger partial charge in [0.2, 0.25) is 5.91 Å². The fourth-order valence-corrected chi connectivity index (χ4v) is 4.14. The van der Waals surface area contributed by atoms with E-state index in [9.17, 15) is 9.59 Å². The summed E-state index contributed by atoms with van der Waals surface area (Å²) in [5.41, 5.74) is 1.07. The number of aliphatic carboxylic acids is 1. The summed E-state index contributed by atoms with van der Waals surface area (Å²) in [6, 6.07) is 5.97. The molecule has 0 bridgehead atoms. The molecule has 0 radical (unpaired) electrons. The molecule has 1 aromatic rings. The van der Waals surface area contributed by atoms with Gasteiger partial charge in [0, 0.05) is 13.1 Å². The molecule has 0 spiro atoms. The van der Waals surface area contributed by atoms with Crippen molar-refractivity contribution in [1.82, 2.24) is 9.80 Å². The molecular formula is C19H25ClN2O5. The van der Waals surface area contributed by atoms with Crippen molar-refractivity contribution in [2.75, 3.05) is 39.4 Å². The van der Waals surface area contributed by atoms with Crippen molar-refractivity contribution >= 4 is 24.3 Å². The number of carboxylic acid groups (broad SMARTS) is 1. The number of carboxylic acids is 1. The van der Waals surface area contributed by atoms with Crippen LogP contribution in [0.5, 0.6) is 11.5 Å². The van der Waals surface area contributed by atoms with E-state index in [1.54, 1.807) is 0 Å². The van der Waals surface area contributed by atoms with Crippen molar-refractivity contribution in [1.29, 1.82) is 0 Å². The highest BCUT2D eigenvalue weighted by atomic mass is 35.5. The van der Waals surface area contributed by atoms with Gasteiger partial charge in [-0.15, -0.1) is 12.4 Å². The third-order valence-corrected chi connectivity index (χ3v) is 5.50. The zero-order valence-electron chi connectivity index (χ0n) is 15.1. The maximum absolute atomic E-state index is 12.8. The van der Waals surface area contributed by atoms with E-state index in [0.717, 1.165) is 36.4 Å². The van der Waals surface area contributed by atoms with Crippen LogP contribution in [0.1, 0.15) is 30.9 Å². The Labute approximate surface area is 164 Å². The van der Waals surface area contributed by atoms with Gasteiger partial charge in [0.1, 0.15) is 13.2 Å². The molecule has 7 nitrogen and oxygen atoms in total. The van der Waals surface area contributed by atoms with E-state index >= 15 is 0 Å². The van der Waals surface area contributed by atoms with Crippen LogP contribution in [0, 0.1) is 5.92 Å². The molecule has 2 saturated heterocycles. The summed E-state index contributed by atoms with van der Waals surface area (Å²) < 4.78 is 11.2. The quantitative estimate of drug-likeness (QED) is 0.838. The number of fused-ring (bicyclic) bond motifs is 1. The van der Waals surface area contributed by atoms with E-state index < -0.39 is 5.97 Å². The van der Waals surface area contributed by atoms with Crippen molar-refractivity contribution in [3.05, 3.63) is 23.8 Å². The minimum Gasteiger partial charge on any atom is -0.486 e. The van der Waals surface area contributed by atoms with Crippen LogP contribution in [-0.2, 0) is 9.59 Å². The normalized spacial score (nSPS) is 24.5. The molecule has 1 N–H and O–H groups in total. The zero-order chi connectivity index (χ0) is 18.1. The lowest BCUT2D eigenvalue weighted by Gasteiger charge is -2.28. The van der Waals surface area contributed by atoms with Gasteiger partial charge in [0.15, 0.2) is 11.5 Å². The SMILES string of the molecule is Cl.O=C(O)C1CCN(CC(=O)N2CCCC2c2ccc3c(c2)OCCO3)C1. The monoisotopic (exact) mass is 396 g/mol. The molecule has 27 heavy (non-hydrogen) atoms. The van der Waals surface area contributed by atoms with Crippen LogP contribution >= 0.6 is 12.4 Å². The van der Waals surface area contributed by atoms with Crippen molar-refractivity contribution in [3.63, 3.8) is 0 Å². The standard InChI is InChI=1S/C19H24N2O5.ClH/c22-18(12-20-7-5-14(11-20)19(23)24)21-6-1-2-15(21)13-3-4-16-17(10-13)26-9-8-25-16;/h3-4,10,14-15H,1-2,5-9,11-12H2,(H,23,24);1H. The molecule has 0 saturated carbocycles. The number of carbonyl (C=O) groups excluding carboxylic acids is 1. The molecule has 8 heteroatoms. The Morgan fingerprint density at radius 3 is 2.63 bits per heavy atom. The molecule has 3 heterocycles. The second kappa shape index (κ2) is 8.35. The summed E-state index contributed by atoms with van der Waals surface area (Å²) in [5, 5.41) is 9.12. The van der Waals surface area contributed by atoms with Gasteiger partial charge in [-0.3, -0.25) is 14.5 Å². The lowest BCUT2D eigenvalue weighted by Crippen LogP contribution is -2.39. The summed E-state index contributed by atoms with van der Waals surface area (Å²) in [4.78, 5) is 27.8. The van der Waals surface area contributed by atoms with Gasteiger partial charge in [-0.1, -0.05) is 6.07 Å². The molecule has 148 valence electrons. The van der Waals surface area contributed by atoms with Gasteiger partial charge in [0.25, 0.3) is 0 Å². The Kier molecular flexibility index (Phi) is 6.11. The van der Waals surface area contributed by atoms with Crippen LogP contribution < -0.4 is 9.47 Å². The molecule has 0 aromatic heterocycles.